The van der Waals surface area contributed by atoms with Crippen molar-refractivity contribution in [1.29, 1.82) is 0 Å². The van der Waals surface area contributed by atoms with Crippen molar-refractivity contribution >= 4 is 41.4 Å². The van der Waals surface area contributed by atoms with E-state index in [4.69, 9.17) is 15.9 Å². The first kappa shape index (κ1) is 26.6. The molecule has 0 aromatic heterocycles. The molecule has 0 bridgehead atoms. The van der Waals surface area contributed by atoms with E-state index in [0.29, 0.717) is 5.75 Å². The summed E-state index contributed by atoms with van der Waals surface area (Å²) >= 11 is 1.43. The first-order valence-electron chi connectivity index (χ1n) is 8.74. The molecule has 0 aliphatic carbocycles. The van der Waals surface area contributed by atoms with Gasteiger partial charge in [-0.05, 0) is 31.8 Å². The van der Waals surface area contributed by atoms with Gasteiger partial charge >= 0.3 is 11.9 Å². The minimum absolute atomic E-state index is 0.239. The van der Waals surface area contributed by atoms with Crippen molar-refractivity contribution < 1.29 is 39.3 Å². The number of hydrogen-bond acceptors (Lipinski definition) is 8. The second kappa shape index (κ2) is 13.7. The Labute approximate surface area is 172 Å². The highest BCUT2D eigenvalue weighted by atomic mass is 32.2. The van der Waals surface area contributed by atoms with Crippen molar-refractivity contribution in [3.8, 4) is 0 Å². The van der Waals surface area contributed by atoms with Gasteiger partial charge in [0.05, 0.1) is 12.6 Å². The zero-order valence-corrected chi connectivity index (χ0v) is 17.0. The maximum absolute atomic E-state index is 12.3. The Bertz CT molecular complexity index is 601. The van der Waals surface area contributed by atoms with Crippen molar-refractivity contribution in [3.05, 3.63) is 0 Å². The molecule has 13 heteroatoms. The van der Waals surface area contributed by atoms with Crippen LogP contribution in [0.2, 0.25) is 0 Å². The summed E-state index contributed by atoms with van der Waals surface area (Å²) in [6.07, 6.45) is 0.158. The van der Waals surface area contributed by atoms with Crippen LogP contribution in [-0.4, -0.2) is 87.8 Å². The van der Waals surface area contributed by atoms with Crippen molar-refractivity contribution in [1.82, 2.24) is 16.0 Å². The number of hydrogen-bond donors (Lipinski definition) is 7. The third-order valence-corrected chi connectivity index (χ3v) is 4.41. The summed E-state index contributed by atoms with van der Waals surface area (Å²) in [7, 11) is 0. The minimum Gasteiger partial charge on any atom is -0.481 e. The monoisotopic (exact) mass is 436 g/mol. The largest absolute Gasteiger partial charge is 0.481 e. The number of rotatable bonds is 14. The van der Waals surface area contributed by atoms with Gasteiger partial charge in [-0.1, -0.05) is 0 Å². The fraction of sp³-hybridized carbons (Fsp3) is 0.688. The van der Waals surface area contributed by atoms with Gasteiger partial charge in [0.2, 0.25) is 17.7 Å². The van der Waals surface area contributed by atoms with E-state index >= 15 is 0 Å². The summed E-state index contributed by atoms with van der Waals surface area (Å²) in [4.78, 5) is 57.8. The van der Waals surface area contributed by atoms with E-state index in [1.807, 2.05) is 0 Å². The zero-order valence-electron chi connectivity index (χ0n) is 16.2. The Morgan fingerprint density at radius 1 is 1.00 bits per heavy atom. The summed E-state index contributed by atoms with van der Waals surface area (Å²) in [6.45, 7) is 0.762. The molecule has 29 heavy (non-hydrogen) atoms. The minimum atomic E-state index is -1.41. The highest BCUT2D eigenvalue weighted by Gasteiger charge is 2.26. The number of carbonyl (C=O) groups is 5. The Morgan fingerprint density at radius 3 is 2.10 bits per heavy atom. The van der Waals surface area contributed by atoms with Crippen LogP contribution in [0.3, 0.4) is 0 Å². The van der Waals surface area contributed by atoms with Gasteiger partial charge in [0.15, 0.2) is 0 Å². The van der Waals surface area contributed by atoms with Gasteiger partial charge in [-0.25, -0.2) is 4.79 Å². The molecule has 12 nitrogen and oxygen atoms in total. The number of carbonyl (C=O) groups excluding carboxylic acids is 3. The molecular formula is C16H28N4O8S. The van der Waals surface area contributed by atoms with Crippen LogP contribution in [0, 0.1) is 0 Å². The van der Waals surface area contributed by atoms with Crippen molar-refractivity contribution in [2.24, 2.45) is 5.73 Å². The number of aliphatic hydroxyl groups is 1. The number of amides is 3. The third-order valence-electron chi connectivity index (χ3n) is 3.77. The van der Waals surface area contributed by atoms with E-state index in [1.165, 1.54) is 18.7 Å². The predicted molar refractivity (Wildman–Crippen MR) is 104 cm³/mol. The van der Waals surface area contributed by atoms with Gasteiger partial charge < -0.3 is 37.0 Å². The molecule has 0 aliphatic rings. The summed E-state index contributed by atoms with van der Waals surface area (Å²) in [6, 6.07) is -3.64. The van der Waals surface area contributed by atoms with Crippen molar-refractivity contribution in [3.63, 3.8) is 0 Å². The number of nitrogens with one attached hydrogen (secondary N) is 3. The topological polar surface area (TPSA) is 208 Å². The molecule has 8 N–H and O–H groups in total. The summed E-state index contributed by atoms with van der Waals surface area (Å²) in [5.74, 6) is -4.33. The van der Waals surface area contributed by atoms with Gasteiger partial charge in [-0.15, -0.1) is 0 Å². The lowest BCUT2D eigenvalue weighted by atomic mass is 10.1. The average molecular weight is 436 g/mol. The molecule has 0 saturated heterocycles. The van der Waals surface area contributed by atoms with E-state index in [0.717, 1.165) is 0 Å². The molecule has 0 aliphatic heterocycles. The molecule has 3 amide bonds. The van der Waals surface area contributed by atoms with Crippen LogP contribution in [0.25, 0.3) is 0 Å². The predicted octanol–water partition coefficient (Wildman–Crippen LogP) is -2.52. The maximum atomic E-state index is 12.3. The Morgan fingerprint density at radius 2 is 1.62 bits per heavy atom. The van der Waals surface area contributed by atoms with E-state index in [9.17, 15) is 29.1 Å². The Hall–Kier alpha value is -2.38. The number of nitrogens with two attached hydrogens (primary N) is 1. The number of carboxylic acid groups (broad SMARTS) is 2. The Kier molecular flexibility index (Phi) is 12.6. The molecule has 166 valence electrons. The van der Waals surface area contributed by atoms with Crippen molar-refractivity contribution in [2.45, 2.75) is 50.4 Å². The van der Waals surface area contributed by atoms with Gasteiger partial charge in [0, 0.05) is 6.42 Å². The zero-order chi connectivity index (χ0) is 22.6. The number of aliphatic carboxylic acids is 2. The van der Waals surface area contributed by atoms with Crippen LogP contribution in [0.15, 0.2) is 0 Å². The molecule has 0 heterocycles. The van der Waals surface area contributed by atoms with Crippen LogP contribution in [0.1, 0.15) is 26.2 Å². The van der Waals surface area contributed by atoms with Crippen LogP contribution >= 0.6 is 11.8 Å². The molecule has 0 saturated carbocycles. The molecule has 4 unspecified atom stereocenters. The molecule has 0 rings (SSSR count). The van der Waals surface area contributed by atoms with Crippen molar-refractivity contribution in [2.75, 3.05) is 18.6 Å². The highest BCUT2D eigenvalue weighted by Crippen LogP contribution is 2.03. The first-order chi connectivity index (χ1) is 13.5. The number of thioether (sulfide) groups is 1. The smallest absolute Gasteiger partial charge is 0.326 e. The molecule has 0 fully saturated rings. The van der Waals surface area contributed by atoms with E-state index in [1.54, 1.807) is 6.26 Å². The lowest BCUT2D eigenvalue weighted by Crippen LogP contribution is -2.55. The van der Waals surface area contributed by atoms with E-state index in [2.05, 4.69) is 16.0 Å². The second-order valence-corrected chi connectivity index (χ2v) is 7.20. The number of aliphatic hydroxyl groups excluding tert-OH is 1. The summed E-state index contributed by atoms with van der Waals surface area (Å²) in [5, 5.41) is 33.8. The number of carboxylic acids is 2. The van der Waals surface area contributed by atoms with Gasteiger partial charge in [-0.3, -0.25) is 19.2 Å². The van der Waals surface area contributed by atoms with Crippen LogP contribution < -0.4 is 21.7 Å². The SMILES string of the molecule is CSCCC(NC(=O)C(N)C(C)O)C(=O)NCC(=O)NC(CCC(=O)O)C(=O)O. The Balaban J connectivity index is 4.78. The second-order valence-electron chi connectivity index (χ2n) is 6.22. The highest BCUT2D eigenvalue weighted by molar-refractivity contribution is 7.98. The van der Waals surface area contributed by atoms with Gasteiger partial charge in [0.1, 0.15) is 18.1 Å². The molecule has 4 atom stereocenters. The fourth-order valence-corrected chi connectivity index (χ4v) is 2.52. The summed E-state index contributed by atoms with van der Waals surface area (Å²) in [5.41, 5.74) is 5.53. The third kappa shape index (κ3) is 11.3. The lowest BCUT2D eigenvalue weighted by Gasteiger charge is -2.21. The summed E-state index contributed by atoms with van der Waals surface area (Å²) < 4.78 is 0. The maximum Gasteiger partial charge on any atom is 0.326 e. The molecule has 0 radical (unpaired) electrons. The van der Waals surface area contributed by atoms with Crippen LogP contribution in [0.5, 0.6) is 0 Å². The van der Waals surface area contributed by atoms with Gasteiger partial charge in [0.25, 0.3) is 0 Å². The lowest BCUT2D eigenvalue weighted by molar-refractivity contribution is -0.143. The standard InChI is InChI=1S/C16H28N4O8S/c1-8(21)13(17)15(26)20-9(5-6-29-2)14(25)18-7-11(22)19-10(16(27)28)3-4-12(23)24/h8-10,13,21H,3-7,17H2,1-2H3,(H,18,25)(H,19,22)(H,20,26)(H,23,24)(H,27,28). The average Bonchev–Trinajstić information content (AvgIpc) is 2.64. The first-order valence-corrected chi connectivity index (χ1v) is 10.1. The van der Waals surface area contributed by atoms with Crippen LogP contribution in [-0.2, 0) is 24.0 Å². The van der Waals surface area contributed by atoms with E-state index in [-0.39, 0.29) is 12.8 Å². The quantitative estimate of drug-likeness (QED) is 0.152. The molecular weight excluding hydrogens is 408 g/mol. The normalized spacial score (nSPS) is 14.8. The molecule has 0 aromatic carbocycles. The van der Waals surface area contributed by atoms with E-state index < -0.39 is 66.9 Å². The van der Waals surface area contributed by atoms with Crippen LogP contribution in [0.4, 0.5) is 0 Å². The fourth-order valence-electron chi connectivity index (χ4n) is 2.05. The van der Waals surface area contributed by atoms with Gasteiger partial charge in [-0.2, -0.15) is 11.8 Å². The molecule has 0 aromatic rings. The molecule has 0 spiro atoms.